The normalized spacial score (nSPS) is 25.7. The van der Waals surface area contributed by atoms with Crippen LogP contribution in [0.15, 0.2) is 35.1 Å². The van der Waals surface area contributed by atoms with Crippen LogP contribution >= 0.6 is 0 Å². The Kier molecular flexibility index (Phi) is 8.10. The first kappa shape index (κ1) is 28.4. The molecule has 2 N–H and O–H groups in total. The molecule has 3 fully saturated rings. The molecule has 0 radical (unpaired) electrons. The first-order valence-corrected chi connectivity index (χ1v) is 16.0. The third-order valence-corrected chi connectivity index (χ3v) is 10.3. The number of ether oxygens (including phenoxy) is 1. The van der Waals surface area contributed by atoms with Gasteiger partial charge in [0.05, 0.1) is 17.0 Å². The van der Waals surface area contributed by atoms with Crippen molar-refractivity contribution >= 4 is 32.9 Å². The number of carbonyl (C=O) groups excluding carboxylic acids is 2. The van der Waals surface area contributed by atoms with Crippen molar-refractivity contribution < 1.29 is 22.7 Å². The minimum atomic E-state index is -3.10. The summed E-state index contributed by atoms with van der Waals surface area (Å²) in [6.45, 7) is 4.95. The molecule has 3 amide bonds. The smallest absolute Gasteiger partial charge is 0.404 e. The van der Waals surface area contributed by atoms with Crippen LogP contribution in [0.4, 0.5) is 9.59 Å². The highest BCUT2D eigenvalue weighted by Crippen LogP contribution is 2.36. The van der Waals surface area contributed by atoms with Gasteiger partial charge >= 0.3 is 12.1 Å². The number of nitrogens with one attached hydrogen (secondary N) is 2. The monoisotopic (exact) mass is 573 g/mol. The number of carbonyl (C=O) groups is 2. The zero-order valence-corrected chi connectivity index (χ0v) is 24.2. The average molecular weight is 574 g/mol. The molecule has 4 atom stereocenters. The van der Waals surface area contributed by atoms with Crippen LogP contribution in [-0.2, 0) is 9.84 Å². The molecule has 218 valence electrons. The number of nitrogens with zero attached hydrogens (tertiary/aromatic N) is 3. The van der Waals surface area contributed by atoms with Crippen molar-refractivity contribution in [3.8, 4) is 5.75 Å². The summed E-state index contributed by atoms with van der Waals surface area (Å²) in [7, 11) is -1.54. The quantitative estimate of drug-likeness (QED) is 0.521. The van der Waals surface area contributed by atoms with Gasteiger partial charge in [0.2, 0.25) is 0 Å². The SMILES string of the molecule is CNC(=O)N(CCN1[C@@H]2CC[C@H]1C[C@H](NC(=O)Oc1cc3ccccc3n(C(C)C)c1=O)C2)C1CCS(=O)(=O)C1. The molecule has 1 unspecified atom stereocenters. The largest absolute Gasteiger partial charge is 0.413 e. The maximum atomic E-state index is 13.1. The van der Waals surface area contributed by atoms with Crippen molar-refractivity contribution in [2.75, 3.05) is 31.6 Å². The van der Waals surface area contributed by atoms with Gasteiger partial charge in [-0.05, 0) is 58.1 Å². The fourth-order valence-corrected chi connectivity index (χ4v) is 8.47. The number of hydrogen-bond donors (Lipinski definition) is 2. The van der Waals surface area contributed by atoms with E-state index < -0.39 is 15.9 Å². The summed E-state index contributed by atoms with van der Waals surface area (Å²) in [4.78, 5) is 42.6. The number of amides is 3. The molecule has 2 bridgehead atoms. The van der Waals surface area contributed by atoms with E-state index in [9.17, 15) is 22.8 Å². The number of fused-ring (bicyclic) bond motifs is 3. The predicted octanol–water partition coefficient (Wildman–Crippen LogP) is 2.49. The van der Waals surface area contributed by atoms with Crippen molar-refractivity contribution in [1.82, 2.24) is 25.0 Å². The van der Waals surface area contributed by atoms with Gasteiger partial charge < -0.3 is 24.8 Å². The number of urea groups is 1. The van der Waals surface area contributed by atoms with Crippen LogP contribution in [0.2, 0.25) is 0 Å². The number of sulfone groups is 1. The maximum absolute atomic E-state index is 13.1. The van der Waals surface area contributed by atoms with Gasteiger partial charge in [0.15, 0.2) is 15.6 Å². The molecule has 2 aromatic rings. The molecule has 3 aliphatic heterocycles. The number of hydrogen-bond acceptors (Lipinski definition) is 7. The lowest BCUT2D eigenvalue weighted by Gasteiger charge is -2.40. The second-order valence-corrected chi connectivity index (χ2v) is 13.7. The third-order valence-electron chi connectivity index (χ3n) is 8.56. The lowest BCUT2D eigenvalue weighted by Crippen LogP contribution is -2.54. The van der Waals surface area contributed by atoms with E-state index in [2.05, 4.69) is 15.5 Å². The Labute approximate surface area is 234 Å². The number of benzene rings is 1. The fraction of sp³-hybridized carbons (Fsp3) is 0.607. The Morgan fingerprint density at radius 3 is 2.45 bits per heavy atom. The van der Waals surface area contributed by atoms with Crippen LogP contribution in [0.3, 0.4) is 0 Å². The maximum Gasteiger partial charge on any atom is 0.413 e. The molecule has 0 spiro atoms. The van der Waals surface area contributed by atoms with Crippen molar-refractivity contribution in [3.05, 3.63) is 40.7 Å². The van der Waals surface area contributed by atoms with E-state index in [1.165, 1.54) is 0 Å². The predicted molar refractivity (Wildman–Crippen MR) is 153 cm³/mol. The minimum Gasteiger partial charge on any atom is -0.404 e. The van der Waals surface area contributed by atoms with E-state index in [1.54, 1.807) is 22.6 Å². The number of pyridine rings is 1. The lowest BCUT2D eigenvalue weighted by atomic mass is 9.97. The van der Waals surface area contributed by atoms with Gasteiger partial charge in [0.1, 0.15) is 0 Å². The van der Waals surface area contributed by atoms with Gasteiger partial charge in [-0.15, -0.1) is 0 Å². The van der Waals surface area contributed by atoms with E-state index in [0.29, 0.717) is 19.5 Å². The standard InChI is InChI=1S/C28H39N5O6S/c1-18(2)33-24-7-5-4-6-19(24)14-25(26(33)34)39-28(36)30-20-15-21-8-9-22(16-20)31(21)11-12-32(27(35)29-3)23-10-13-40(37,38)17-23/h4-7,14,18,20-23H,8-13,15-17H2,1-3H3,(H,29,35)(H,30,36)/t20-,21-,22+,23?. The molecule has 11 nitrogen and oxygen atoms in total. The van der Waals surface area contributed by atoms with Crippen molar-refractivity contribution in [2.24, 2.45) is 0 Å². The van der Waals surface area contributed by atoms with Gasteiger partial charge in [-0.2, -0.15) is 0 Å². The fourth-order valence-electron chi connectivity index (χ4n) is 6.74. The topological polar surface area (TPSA) is 130 Å². The van der Waals surface area contributed by atoms with Crippen LogP contribution < -0.4 is 20.9 Å². The Balaban J connectivity index is 1.20. The highest BCUT2D eigenvalue weighted by molar-refractivity contribution is 7.91. The molecule has 1 aromatic carbocycles. The summed E-state index contributed by atoms with van der Waals surface area (Å²) in [6, 6.07) is 8.94. The van der Waals surface area contributed by atoms with Crippen LogP contribution in [0.25, 0.3) is 10.9 Å². The Bertz CT molecular complexity index is 1430. The summed E-state index contributed by atoms with van der Waals surface area (Å²) in [5.74, 6) is 0.142. The van der Waals surface area contributed by atoms with Crippen LogP contribution in [0.1, 0.15) is 52.0 Å². The molecule has 3 aliphatic rings. The lowest BCUT2D eigenvalue weighted by molar-refractivity contribution is 0.0971. The van der Waals surface area contributed by atoms with E-state index in [1.807, 2.05) is 38.1 Å². The molecule has 0 aliphatic carbocycles. The summed E-state index contributed by atoms with van der Waals surface area (Å²) < 4.78 is 31.2. The van der Waals surface area contributed by atoms with Gasteiger partial charge in [-0.25, -0.2) is 18.0 Å². The van der Waals surface area contributed by atoms with Crippen LogP contribution in [0, 0.1) is 0 Å². The summed E-state index contributed by atoms with van der Waals surface area (Å²) in [6.07, 6.45) is 3.33. The van der Waals surface area contributed by atoms with Gasteiger partial charge in [0, 0.05) is 55.7 Å². The Hall–Kier alpha value is -3.12. The van der Waals surface area contributed by atoms with Crippen molar-refractivity contribution in [1.29, 1.82) is 0 Å². The van der Waals surface area contributed by atoms with E-state index in [0.717, 1.165) is 36.6 Å². The number of para-hydroxylation sites is 1. The Morgan fingerprint density at radius 1 is 1.12 bits per heavy atom. The molecule has 12 heteroatoms. The van der Waals surface area contributed by atoms with E-state index in [4.69, 9.17) is 4.74 Å². The van der Waals surface area contributed by atoms with Gasteiger partial charge in [-0.3, -0.25) is 9.69 Å². The zero-order valence-electron chi connectivity index (χ0n) is 23.3. The summed E-state index contributed by atoms with van der Waals surface area (Å²) in [5, 5.41) is 6.46. The van der Waals surface area contributed by atoms with E-state index in [-0.39, 0.29) is 59.1 Å². The van der Waals surface area contributed by atoms with Crippen molar-refractivity contribution in [3.63, 3.8) is 0 Å². The van der Waals surface area contributed by atoms with Crippen LogP contribution in [0.5, 0.6) is 5.75 Å². The summed E-state index contributed by atoms with van der Waals surface area (Å²) in [5.41, 5.74) is 0.457. The number of aromatic nitrogens is 1. The number of rotatable bonds is 7. The second kappa shape index (κ2) is 11.4. The molecule has 4 heterocycles. The molecular weight excluding hydrogens is 534 g/mol. The first-order valence-electron chi connectivity index (χ1n) is 14.1. The minimum absolute atomic E-state index is 0.00790. The molecule has 3 saturated heterocycles. The Morgan fingerprint density at radius 2 is 1.82 bits per heavy atom. The van der Waals surface area contributed by atoms with E-state index >= 15 is 0 Å². The second-order valence-electron chi connectivity index (χ2n) is 11.5. The highest BCUT2D eigenvalue weighted by Gasteiger charge is 2.42. The molecule has 1 aromatic heterocycles. The van der Waals surface area contributed by atoms with Gasteiger partial charge in [-0.1, -0.05) is 18.2 Å². The van der Waals surface area contributed by atoms with Crippen LogP contribution in [-0.4, -0.2) is 90.7 Å². The highest BCUT2D eigenvalue weighted by atomic mass is 32.2. The summed E-state index contributed by atoms with van der Waals surface area (Å²) >= 11 is 0. The molecular formula is C28H39N5O6S. The molecule has 40 heavy (non-hydrogen) atoms. The average Bonchev–Trinajstić information content (AvgIpc) is 3.38. The zero-order chi connectivity index (χ0) is 28.6. The third kappa shape index (κ3) is 5.83. The molecule has 5 rings (SSSR count). The van der Waals surface area contributed by atoms with Gasteiger partial charge in [0.25, 0.3) is 5.56 Å². The first-order chi connectivity index (χ1) is 19.1. The molecule has 0 saturated carbocycles. The van der Waals surface area contributed by atoms with Crippen molar-refractivity contribution in [2.45, 2.75) is 76.2 Å². The number of piperidine rings is 1.